The SMILES string of the molecule is O=CNCc1ccc(OCc2ccccc2Cl)cc1. The van der Waals surface area contributed by atoms with E-state index < -0.39 is 0 Å². The average molecular weight is 276 g/mol. The molecule has 0 aromatic heterocycles. The van der Waals surface area contributed by atoms with Crippen LogP contribution in [-0.4, -0.2) is 6.41 Å². The third-order valence-corrected chi connectivity index (χ3v) is 3.03. The largest absolute Gasteiger partial charge is 0.489 e. The van der Waals surface area contributed by atoms with Crippen LogP contribution in [0.2, 0.25) is 5.02 Å². The summed E-state index contributed by atoms with van der Waals surface area (Å²) in [5.74, 6) is 0.773. The van der Waals surface area contributed by atoms with Gasteiger partial charge in [-0.1, -0.05) is 41.9 Å². The predicted octanol–water partition coefficient (Wildman–Crippen LogP) is 3.17. The lowest BCUT2D eigenvalue weighted by atomic mass is 10.2. The summed E-state index contributed by atoms with van der Waals surface area (Å²) in [5, 5.41) is 3.31. The van der Waals surface area contributed by atoms with Gasteiger partial charge in [-0.3, -0.25) is 4.79 Å². The zero-order chi connectivity index (χ0) is 13.5. The predicted molar refractivity (Wildman–Crippen MR) is 75.1 cm³/mol. The van der Waals surface area contributed by atoms with E-state index >= 15 is 0 Å². The van der Waals surface area contributed by atoms with Crippen molar-refractivity contribution < 1.29 is 9.53 Å². The van der Waals surface area contributed by atoms with E-state index in [0.29, 0.717) is 24.6 Å². The highest BCUT2D eigenvalue weighted by Gasteiger charge is 2.00. The van der Waals surface area contributed by atoms with Crippen molar-refractivity contribution in [1.82, 2.24) is 5.32 Å². The molecule has 0 atom stereocenters. The second kappa shape index (κ2) is 6.81. The van der Waals surface area contributed by atoms with Crippen molar-refractivity contribution in [3.63, 3.8) is 0 Å². The number of benzene rings is 2. The summed E-state index contributed by atoms with van der Waals surface area (Å²) in [4.78, 5) is 10.2. The molecule has 19 heavy (non-hydrogen) atoms. The maximum absolute atomic E-state index is 10.2. The Bertz CT molecular complexity index is 540. The van der Waals surface area contributed by atoms with Crippen LogP contribution in [0.4, 0.5) is 0 Å². The van der Waals surface area contributed by atoms with Crippen LogP contribution < -0.4 is 10.1 Å². The van der Waals surface area contributed by atoms with E-state index in [2.05, 4.69) is 5.32 Å². The first-order valence-electron chi connectivity index (χ1n) is 5.92. The molecule has 0 aliphatic heterocycles. The van der Waals surface area contributed by atoms with Crippen LogP contribution in [0.15, 0.2) is 48.5 Å². The number of halogens is 1. The third-order valence-electron chi connectivity index (χ3n) is 2.67. The van der Waals surface area contributed by atoms with Gasteiger partial charge in [0.1, 0.15) is 12.4 Å². The molecule has 0 saturated heterocycles. The van der Waals surface area contributed by atoms with Crippen molar-refractivity contribution in [2.75, 3.05) is 0 Å². The Kier molecular flexibility index (Phi) is 4.81. The summed E-state index contributed by atoms with van der Waals surface area (Å²) in [5.41, 5.74) is 1.98. The number of carbonyl (C=O) groups is 1. The summed E-state index contributed by atoms with van der Waals surface area (Å²) >= 11 is 6.05. The number of carbonyl (C=O) groups excluding carboxylic acids is 1. The number of rotatable bonds is 6. The van der Waals surface area contributed by atoms with Gasteiger partial charge in [-0.05, 0) is 23.8 Å². The van der Waals surface area contributed by atoms with Crippen LogP contribution in [0.3, 0.4) is 0 Å². The minimum atomic E-state index is 0.436. The quantitative estimate of drug-likeness (QED) is 0.823. The standard InChI is InChI=1S/C15H14ClNO2/c16-15-4-2-1-3-13(15)10-19-14-7-5-12(6-8-14)9-17-11-18/h1-8,11H,9-10H2,(H,17,18). The smallest absolute Gasteiger partial charge is 0.207 e. The summed E-state index contributed by atoms with van der Waals surface area (Å²) in [6.07, 6.45) is 0.682. The fraction of sp³-hybridized carbons (Fsp3) is 0.133. The molecule has 0 unspecified atom stereocenters. The topological polar surface area (TPSA) is 38.3 Å². The van der Waals surface area contributed by atoms with Gasteiger partial charge in [0.2, 0.25) is 6.41 Å². The minimum Gasteiger partial charge on any atom is -0.489 e. The first kappa shape index (κ1) is 13.4. The monoisotopic (exact) mass is 275 g/mol. The molecule has 0 aliphatic carbocycles. The van der Waals surface area contributed by atoms with Crippen LogP contribution in [0.25, 0.3) is 0 Å². The van der Waals surface area contributed by atoms with Crippen LogP contribution in [0.1, 0.15) is 11.1 Å². The van der Waals surface area contributed by atoms with E-state index in [0.717, 1.165) is 16.9 Å². The van der Waals surface area contributed by atoms with Crippen molar-refractivity contribution in [2.24, 2.45) is 0 Å². The molecule has 0 spiro atoms. The Morgan fingerprint density at radius 2 is 1.84 bits per heavy atom. The zero-order valence-electron chi connectivity index (χ0n) is 10.3. The van der Waals surface area contributed by atoms with Crippen molar-refractivity contribution >= 4 is 18.0 Å². The Balaban J connectivity index is 1.93. The molecule has 0 aliphatic rings. The molecule has 98 valence electrons. The second-order valence-electron chi connectivity index (χ2n) is 4.02. The molecule has 0 saturated carbocycles. The average Bonchev–Trinajstić information content (AvgIpc) is 2.45. The number of ether oxygens (including phenoxy) is 1. The maximum atomic E-state index is 10.2. The van der Waals surface area contributed by atoms with E-state index in [-0.39, 0.29) is 0 Å². The maximum Gasteiger partial charge on any atom is 0.207 e. The van der Waals surface area contributed by atoms with Crippen LogP contribution >= 0.6 is 11.6 Å². The molecule has 1 N–H and O–H groups in total. The summed E-state index contributed by atoms with van der Waals surface area (Å²) in [6, 6.07) is 15.2. The fourth-order valence-electron chi connectivity index (χ4n) is 1.64. The Morgan fingerprint density at radius 3 is 2.53 bits per heavy atom. The third kappa shape index (κ3) is 4.00. The van der Waals surface area contributed by atoms with Gasteiger partial charge >= 0.3 is 0 Å². The normalized spacial score (nSPS) is 9.95. The van der Waals surface area contributed by atoms with Gasteiger partial charge in [0.05, 0.1) is 0 Å². The minimum absolute atomic E-state index is 0.436. The number of amides is 1. The number of hydrogen-bond acceptors (Lipinski definition) is 2. The Labute approximate surface area is 117 Å². The highest BCUT2D eigenvalue weighted by Crippen LogP contribution is 2.18. The molecule has 0 fully saturated rings. The Morgan fingerprint density at radius 1 is 1.11 bits per heavy atom. The molecule has 4 heteroatoms. The Hall–Kier alpha value is -2.00. The van der Waals surface area contributed by atoms with Gasteiger partial charge in [0, 0.05) is 17.1 Å². The van der Waals surface area contributed by atoms with Crippen LogP contribution in [0, 0.1) is 0 Å². The molecule has 2 aromatic carbocycles. The summed E-state index contributed by atoms with van der Waals surface area (Å²) < 4.78 is 5.66. The van der Waals surface area contributed by atoms with E-state index in [1.807, 2.05) is 48.5 Å². The van der Waals surface area contributed by atoms with E-state index in [1.165, 1.54) is 0 Å². The molecule has 2 rings (SSSR count). The van der Waals surface area contributed by atoms with Crippen LogP contribution in [0.5, 0.6) is 5.75 Å². The van der Waals surface area contributed by atoms with Gasteiger partial charge in [-0.25, -0.2) is 0 Å². The zero-order valence-corrected chi connectivity index (χ0v) is 11.1. The molecular weight excluding hydrogens is 262 g/mol. The fourth-order valence-corrected chi connectivity index (χ4v) is 1.83. The van der Waals surface area contributed by atoms with Gasteiger partial charge in [-0.2, -0.15) is 0 Å². The summed E-state index contributed by atoms with van der Waals surface area (Å²) in [7, 11) is 0. The molecule has 0 radical (unpaired) electrons. The molecular formula is C15H14ClNO2. The van der Waals surface area contributed by atoms with E-state index in [9.17, 15) is 4.79 Å². The highest BCUT2D eigenvalue weighted by atomic mass is 35.5. The highest BCUT2D eigenvalue weighted by molar-refractivity contribution is 6.31. The van der Waals surface area contributed by atoms with Crippen molar-refractivity contribution in [2.45, 2.75) is 13.2 Å². The first-order valence-corrected chi connectivity index (χ1v) is 6.29. The van der Waals surface area contributed by atoms with Gasteiger partial charge < -0.3 is 10.1 Å². The summed E-state index contributed by atoms with van der Waals surface area (Å²) in [6.45, 7) is 0.958. The van der Waals surface area contributed by atoms with E-state index in [4.69, 9.17) is 16.3 Å². The van der Waals surface area contributed by atoms with Gasteiger partial charge in [0.25, 0.3) is 0 Å². The molecule has 0 heterocycles. The van der Waals surface area contributed by atoms with Gasteiger partial charge in [-0.15, -0.1) is 0 Å². The molecule has 0 bridgehead atoms. The lowest BCUT2D eigenvalue weighted by Crippen LogP contribution is -2.09. The van der Waals surface area contributed by atoms with E-state index in [1.54, 1.807) is 0 Å². The van der Waals surface area contributed by atoms with Crippen LogP contribution in [-0.2, 0) is 17.9 Å². The van der Waals surface area contributed by atoms with Crippen molar-refractivity contribution in [1.29, 1.82) is 0 Å². The van der Waals surface area contributed by atoms with Crippen molar-refractivity contribution in [3.8, 4) is 5.75 Å². The number of nitrogens with one attached hydrogen (secondary N) is 1. The second-order valence-corrected chi connectivity index (χ2v) is 4.43. The molecule has 1 amide bonds. The molecule has 3 nitrogen and oxygen atoms in total. The lowest BCUT2D eigenvalue weighted by Gasteiger charge is -2.08. The van der Waals surface area contributed by atoms with Crippen molar-refractivity contribution in [3.05, 3.63) is 64.7 Å². The number of hydrogen-bond donors (Lipinski definition) is 1. The lowest BCUT2D eigenvalue weighted by molar-refractivity contribution is -0.109. The van der Waals surface area contributed by atoms with Gasteiger partial charge in [0.15, 0.2) is 0 Å². The first-order chi connectivity index (χ1) is 9.29. The molecule has 2 aromatic rings.